The average molecular weight is 273 g/mol. The molecular weight excluding hydrogens is 250 g/mol. The van der Waals surface area contributed by atoms with Crippen LogP contribution in [0.4, 0.5) is 0 Å². The van der Waals surface area contributed by atoms with E-state index in [-0.39, 0.29) is 17.7 Å². The van der Waals surface area contributed by atoms with Gasteiger partial charge in [0, 0.05) is 12.6 Å². The molecule has 0 radical (unpaired) electrons. The van der Waals surface area contributed by atoms with Crippen LogP contribution in [0.5, 0.6) is 0 Å². The van der Waals surface area contributed by atoms with Crippen LogP contribution in [0.25, 0.3) is 6.08 Å². The summed E-state index contributed by atoms with van der Waals surface area (Å²) in [6.07, 6.45) is 5.05. The van der Waals surface area contributed by atoms with Crippen LogP contribution in [0, 0.1) is 0 Å². The van der Waals surface area contributed by atoms with Gasteiger partial charge in [0.05, 0.1) is 6.04 Å². The molecular formula is C17H23NO2. The Morgan fingerprint density at radius 3 is 2.45 bits per heavy atom. The van der Waals surface area contributed by atoms with E-state index in [0.717, 1.165) is 18.4 Å². The minimum atomic E-state index is -0.224. The summed E-state index contributed by atoms with van der Waals surface area (Å²) in [4.78, 5) is 25.1. The maximum absolute atomic E-state index is 12.0. The third-order valence-corrected chi connectivity index (χ3v) is 3.22. The first-order valence-electron chi connectivity index (χ1n) is 7.22. The number of rotatable bonds is 3. The fourth-order valence-corrected chi connectivity index (χ4v) is 2.28. The largest absolute Gasteiger partial charge is 0.329 e. The van der Waals surface area contributed by atoms with Crippen molar-refractivity contribution in [2.45, 2.75) is 39.7 Å². The fourth-order valence-electron chi connectivity index (χ4n) is 2.28. The third-order valence-electron chi connectivity index (χ3n) is 3.22. The Bertz CT molecular complexity index is 465. The van der Waals surface area contributed by atoms with E-state index in [2.05, 4.69) is 0 Å². The predicted octanol–water partition coefficient (Wildman–Crippen LogP) is 3.31. The van der Waals surface area contributed by atoms with E-state index < -0.39 is 0 Å². The Hall–Kier alpha value is -1.90. The highest BCUT2D eigenvalue weighted by Crippen LogP contribution is 2.18. The van der Waals surface area contributed by atoms with Crippen LogP contribution >= 0.6 is 0 Å². The molecule has 0 saturated carbocycles. The summed E-state index contributed by atoms with van der Waals surface area (Å²) in [5.74, 6) is 0.00511. The molecule has 0 N–H and O–H groups in total. The Morgan fingerprint density at radius 2 is 1.85 bits per heavy atom. The second-order valence-corrected chi connectivity index (χ2v) is 4.54. The van der Waals surface area contributed by atoms with Gasteiger partial charge < -0.3 is 4.90 Å². The van der Waals surface area contributed by atoms with E-state index in [0.29, 0.717) is 6.54 Å². The normalized spacial score (nSPS) is 17.8. The fraction of sp³-hybridized carbons (Fsp3) is 0.412. The van der Waals surface area contributed by atoms with Gasteiger partial charge in [-0.3, -0.25) is 9.59 Å². The molecule has 1 saturated heterocycles. The number of carbonyl (C=O) groups excluding carboxylic acids is 2. The van der Waals surface area contributed by atoms with E-state index in [9.17, 15) is 9.59 Å². The molecule has 0 aromatic heterocycles. The van der Waals surface area contributed by atoms with E-state index in [1.807, 2.05) is 44.2 Å². The minimum absolute atomic E-state index is 0.0726. The number of benzene rings is 1. The predicted molar refractivity (Wildman–Crippen MR) is 82.2 cm³/mol. The van der Waals surface area contributed by atoms with Gasteiger partial charge in [0.1, 0.15) is 0 Å². The summed E-state index contributed by atoms with van der Waals surface area (Å²) in [5, 5.41) is 0. The summed E-state index contributed by atoms with van der Waals surface area (Å²) < 4.78 is 0. The van der Waals surface area contributed by atoms with Crippen LogP contribution in [-0.2, 0) is 9.59 Å². The lowest BCUT2D eigenvalue weighted by Crippen LogP contribution is -2.38. The molecule has 1 aliphatic rings. The second-order valence-electron chi connectivity index (χ2n) is 4.54. The molecule has 2 rings (SSSR count). The molecule has 3 nitrogen and oxygen atoms in total. The highest BCUT2D eigenvalue weighted by Gasteiger charge is 2.30. The van der Waals surface area contributed by atoms with Crippen LogP contribution in [0.15, 0.2) is 36.4 Å². The number of hydrogen-bond acceptors (Lipinski definition) is 2. The van der Waals surface area contributed by atoms with Crippen molar-refractivity contribution in [2.75, 3.05) is 6.54 Å². The molecule has 20 heavy (non-hydrogen) atoms. The van der Waals surface area contributed by atoms with Gasteiger partial charge in [-0.15, -0.1) is 0 Å². The molecule has 1 atom stereocenters. The van der Waals surface area contributed by atoms with Gasteiger partial charge in [-0.2, -0.15) is 0 Å². The first-order valence-corrected chi connectivity index (χ1v) is 7.22. The average Bonchev–Trinajstić information content (AvgIpc) is 2.98. The number of hydrogen-bond donors (Lipinski definition) is 0. The first-order chi connectivity index (χ1) is 9.68. The van der Waals surface area contributed by atoms with E-state index >= 15 is 0 Å². The van der Waals surface area contributed by atoms with Gasteiger partial charge in [0.25, 0.3) is 0 Å². The van der Waals surface area contributed by atoms with Gasteiger partial charge in [-0.1, -0.05) is 44.2 Å². The minimum Gasteiger partial charge on any atom is -0.329 e. The molecule has 1 aliphatic heterocycles. The van der Waals surface area contributed by atoms with Crippen LogP contribution in [0.3, 0.4) is 0 Å². The Balaban J connectivity index is 0.000000956. The SMILES string of the molecule is CC.CC(=O)[C@@H]1CCCN1C(=O)/C=C/c1ccccc1. The molecule has 0 spiro atoms. The van der Waals surface area contributed by atoms with E-state index in [1.54, 1.807) is 24.0 Å². The number of nitrogens with zero attached hydrogens (tertiary/aromatic N) is 1. The topological polar surface area (TPSA) is 37.4 Å². The molecule has 0 aliphatic carbocycles. The van der Waals surface area contributed by atoms with E-state index in [4.69, 9.17) is 0 Å². The summed E-state index contributed by atoms with van der Waals surface area (Å²) in [6, 6.07) is 9.45. The molecule has 1 aromatic rings. The van der Waals surface area contributed by atoms with Crippen molar-refractivity contribution >= 4 is 17.8 Å². The quantitative estimate of drug-likeness (QED) is 0.792. The van der Waals surface area contributed by atoms with Crippen molar-refractivity contribution in [3.8, 4) is 0 Å². The zero-order valence-electron chi connectivity index (χ0n) is 12.5. The van der Waals surface area contributed by atoms with E-state index in [1.165, 1.54) is 0 Å². The van der Waals surface area contributed by atoms with Crippen LogP contribution in [0.2, 0.25) is 0 Å². The van der Waals surface area contributed by atoms with Crippen molar-refractivity contribution in [3.05, 3.63) is 42.0 Å². The number of amides is 1. The summed E-state index contributed by atoms with van der Waals surface area (Å²) in [5.41, 5.74) is 0.990. The summed E-state index contributed by atoms with van der Waals surface area (Å²) in [7, 11) is 0. The van der Waals surface area contributed by atoms with Crippen molar-refractivity contribution in [1.82, 2.24) is 4.90 Å². The standard InChI is InChI=1S/C15H17NO2.C2H6/c1-12(17)14-8-5-11-16(14)15(18)10-9-13-6-3-2-4-7-13;1-2/h2-4,6-7,9-10,14H,5,8,11H2,1H3;1-2H3/b10-9+;/t14-;/m0./s1. The molecule has 3 heteroatoms. The summed E-state index contributed by atoms with van der Waals surface area (Å²) >= 11 is 0. The Kier molecular flexibility index (Phi) is 6.71. The van der Waals surface area contributed by atoms with Gasteiger partial charge >= 0.3 is 0 Å². The lowest BCUT2D eigenvalue weighted by atomic mass is 10.1. The highest BCUT2D eigenvalue weighted by atomic mass is 16.2. The lowest BCUT2D eigenvalue weighted by molar-refractivity contribution is -0.133. The Morgan fingerprint density at radius 1 is 1.20 bits per heavy atom. The molecule has 1 heterocycles. The lowest BCUT2D eigenvalue weighted by Gasteiger charge is -2.20. The zero-order chi connectivity index (χ0) is 15.0. The van der Waals surface area contributed by atoms with Crippen LogP contribution < -0.4 is 0 Å². The third kappa shape index (κ3) is 4.34. The van der Waals surface area contributed by atoms with Crippen LogP contribution in [0.1, 0.15) is 39.2 Å². The maximum Gasteiger partial charge on any atom is 0.247 e. The van der Waals surface area contributed by atoms with Gasteiger partial charge in [-0.05, 0) is 31.4 Å². The number of Topliss-reactive ketones (excluding diaryl/α,β-unsaturated/α-hetero) is 1. The van der Waals surface area contributed by atoms with Crippen molar-refractivity contribution in [3.63, 3.8) is 0 Å². The summed E-state index contributed by atoms with van der Waals surface area (Å²) in [6.45, 7) is 6.24. The highest BCUT2D eigenvalue weighted by molar-refractivity contribution is 5.95. The molecule has 1 aromatic carbocycles. The molecule has 1 fully saturated rings. The van der Waals surface area contributed by atoms with Gasteiger partial charge in [0.15, 0.2) is 5.78 Å². The van der Waals surface area contributed by atoms with Crippen molar-refractivity contribution < 1.29 is 9.59 Å². The van der Waals surface area contributed by atoms with Crippen molar-refractivity contribution in [2.24, 2.45) is 0 Å². The number of carbonyl (C=O) groups is 2. The van der Waals surface area contributed by atoms with Gasteiger partial charge in [-0.25, -0.2) is 0 Å². The number of likely N-dealkylation sites (tertiary alicyclic amines) is 1. The number of ketones is 1. The maximum atomic E-state index is 12.0. The second kappa shape index (κ2) is 8.31. The first kappa shape index (κ1) is 16.2. The van der Waals surface area contributed by atoms with Gasteiger partial charge in [0.2, 0.25) is 5.91 Å². The van der Waals surface area contributed by atoms with Crippen molar-refractivity contribution in [1.29, 1.82) is 0 Å². The molecule has 108 valence electrons. The molecule has 0 bridgehead atoms. The monoisotopic (exact) mass is 273 g/mol. The van der Waals surface area contributed by atoms with Crippen LogP contribution in [-0.4, -0.2) is 29.2 Å². The molecule has 0 unspecified atom stereocenters. The Labute approximate surface area is 121 Å². The zero-order valence-corrected chi connectivity index (χ0v) is 12.5. The smallest absolute Gasteiger partial charge is 0.247 e. The molecule has 1 amide bonds.